The predicted molar refractivity (Wildman–Crippen MR) is 127 cm³/mol. The smallest absolute Gasteiger partial charge is 0.223 e. The van der Waals surface area contributed by atoms with Crippen LogP contribution in [-0.4, -0.2) is 17.1 Å². The van der Waals surface area contributed by atoms with Gasteiger partial charge >= 0.3 is 0 Å². The molecule has 1 heterocycles. The van der Waals surface area contributed by atoms with Crippen LogP contribution in [0.4, 0.5) is 0 Å². The molecule has 0 saturated carbocycles. The molecule has 2 aromatic carbocycles. The molecular formula is C27H34N2O2. The van der Waals surface area contributed by atoms with E-state index in [1.54, 1.807) is 7.11 Å². The summed E-state index contributed by atoms with van der Waals surface area (Å²) in [5.41, 5.74) is 7.78. The van der Waals surface area contributed by atoms with Crippen LogP contribution in [0.15, 0.2) is 36.4 Å². The van der Waals surface area contributed by atoms with Crippen molar-refractivity contribution in [3.63, 3.8) is 0 Å². The molecule has 0 spiro atoms. The summed E-state index contributed by atoms with van der Waals surface area (Å²) in [6, 6.07) is 12.8. The fourth-order valence-corrected chi connectivity index (χ4v) is 3.83. The molecule has 0 aliphatic heterocycles. The Morgan fingerprint density at radius 1 is 0.935 bits per heavy atom. The first-order chi connectivity index (χ1) is 14.9. The SMILES string of the molecule is CCc1cccc(CC)c1-c1nc(C)c(COc2cc(C(C)C)ccc2C)c(OC)n1. The van der Waals surface area contributed by atoms with Gasteiger partial charge in [-0.2, -0.15) is 4.98 Å². The van der Waals surface area contributed by atoms with E-state index >= 15 is 0 Å². The molecule has 0 saturated heterocycles. The first-order valence-corrected chi connectivity index (χ1v) is 11.1. The van der Waals surface area contributed by atoms with E-state index in [-0.39, 0.29) is 0 Å². The highest BCUT2D eigenvalue weighted by Crippen LogP contribution is 2.31. The summed E-state index contributed by atoms with van der Waals surface area (Å²) < 4.78 is 11.9. The first kappa shape index (κ1) is 22.8. The lowest BCUT2D eigenvalue weighted by atomic mass is 9.96. The van der Waals surface area contributed by atoms with Crippen molar-refractivity contribution in [3.8, 4) is 23.0 Å². The number of aryl methyl sites for hydroxylation is 4. The van der Waals surface area contributed by atoms with Crippen molar-refractivity contribution >= 4 is 0 Å². The van der Waals surface area contributed by atoms with E-state index in [0.717, 1.165) is 46.8 Å². The van der Waals surface area contributed by atoms with Crippen LogP contribution >= 0.6 is 0 Å². The second-order valence-electron chi connectivity index (χ2n) is 8.25. The van der Waals surface area contributed by atoms with E-state index in [2.05, 4.69) is 71.0 Å². The van der Waals surface area contributed by atoms with Gasteiger partial charge in [-0.3, -0.25) is 0 Å². The molecule has 0 fully saturated rings. The molecule has 3 rings (SSSR count). The molecule has 0 unspecified atom stereocenters. The standard InChI is InChI=1S/C27H34N2O2/c1-8-20-11-10-12-21(9-2)25(20)26-28-19(6)23(27(29-26)30-7)16-31-24-15-22(17(3)4)14-13-18(24)5/h10-15,17H,8-9,16H2,1-7H3. The summed E-state index contributed by atoms with van der Waals surface area (Å²) in [5.74, 6) is 2.65. The fraction of sp³-hybridized carbons (Fsp3) is 0.407. The molecule has 0 aliphatic rings. The Bertz CT molecular complexity index is 1040. The van der Waals surface area contributed by atoms with Gasteiger partial charge in [0, 0.05) is 5.56 Å². The lowest BCUT2D eigenvalue weighted by Gasteiger charge is -2.17. The zero-order chi connectivity index (χ0) is 22.5. The lowest BCUT2D eigenvalue weighted by Crippen LogP contribution is -2.08. The number of hydrogen-bond acceptors (Lipinski definition) is 4. The van der Waals surface area contributed by atoms with Crippen LogP contribution in [-0.2, 0) is 19.4 Å². The Labute approximate surface area is 186 Å². The molecule has 31 heavy (non-hydrogen) atoms. The lowest BCUT2D eigenvalue weighted by molar-refractivity contribution is 0.290. The minimum absolute atomic E-state index is 0.369. The van der Waals surface area contributed by atoms with E-state index in [9.17, 15) is 0 Å². The molecule has 4 heteroatoms. The maximum atomic E-state index is 6.21. The summed E-state index contributed by atoms with van der Waals surface area (Å²) in [6.45, 7) is 13.1. The number of aromatic nitrogens is 2. The highest BCUT2D eigenvalue weighted by molar-refractivity contribution is 5.66. The molecule has 0 aliphatic carbocycles. The third-order valence-corrected chi connectivity index (χ3v) is 5.84. The highest BCUT2D eigenvalue weighted by atomic mass is 16.5. The van der Waals surface area contributed by atoms with Crippen LogP contribution in [0.25, 0.3) is 11.4 Å². The maximum absolute atomic E-state index is 6.21. The van der Waals surface area contributed by atoms with Crippen molar-refractivity contribution in [2.75, 3.05) is 7.11 Å². The van der Waals surface area contributed by atoms with Crippen LogP contribution in [0.3, 0.4) is 0 Å². The average molecular weight is 419 g/mol. The Morgan fingerprint density at radius 2 is 1.61 bits per heavy atom. The van der Waals surface area contributed by atoms with E-state index < -0.39 is 0 Å². The molecule has 164 valence electrons. The topological polar surface area (TPSA) is 44.2 Å². The Balaban J connectivity index is 1.98. The zero-order valence-electron chi connectivity index (χ0n) is 19.9. The van der Waals surface area contributed by atoms with Crippen LogP contribution < -0.4 is 9.47 Å². The van der Waals surface area contributed by atoms with Crippen LogP contribution in [0.2, 0.25) is 0 Å². The van der Waals surface area contributed by atoms with Gasteiger partial charge in [0.2, 0.25) is 5.88 Å². The second kappa shape index (κ2) is 9.95. The average Bonchev–Trinajstić information content (AvgIpc) is 2.77. The summed E-state index contributed by atoms with van der Waals surface area (Å²) >= 11 is 0. The van der Waals surface area contributed by atoms with Crippen molar-refractivity contribution in [2.45, 2.75) is 66.9 Å². The Hall–Kier alpha value is -2.88. The van der Waals surface area contributed by atoms with Crippen molar-refractivity contribution < 1.29 is 9.47 Å². The van der Waals surface area contributed by atoms with Gasteiger partial charge in [-0.05, 0) is 60.9 Å². The van der Waals surface area contributed by atoms with Crippen molar-refractivity contribution in [2.24, 2.45) is 0 Å². The maximum Gasteiger partial charge on any atom is 0.223 e. The van der Waals surface area contributed by atoms with Crippen molar-refractivity contribution in [3.05, 3.63) is 69.9 Å². The number of rotatable bonds is 8. The second-order valence-corrected chi connectivity index (χ2v) is 8.25. The highest BCUT2D eigenvalue weighted by Gasteiger charge is 2.18. The molecule has 0 N–H and O–H groups in total. The summed E-state index contributed by atoms with van der Waals surface area (Å²) in [4.78, 5) is 9.69. The fourth-order valence-electron chi connectivity index (χ4n) is 3.83. The third kappa shape index (κ3) is 4.90. The quantitative estimate of drug-likeness (QED) is 0.413. The summed E-state index contributed by atoms with van der Waals surface area (Å²) in [5, 5.41) is 0. The molecule has 0 atom stereocenters. The van der Waals surface area contributed by atoms with Gasteiger partial charge in [-0.1, -0.05) is 58.0 Å². The molecule has 4 nitrogen and oxygen atoms in total. The van der Waals surface area contributed by atoms with Gasteiger partial charge in [0.15, 0.2) is 5.82 Å². The number of methoxy groups -OCH3 is 1. The van der Waals surface area contributed by atoms with Crippen molar-refractivity contribution in [1.29, 1.82) is 0 Å². The third-order valence-electron chi connectivity index (χ3n) is 5.84. The van der Waals surface area contributed by atoms with Crippen LogP contribution in [0, 0.1) is 13.8 Å². The number of benzene rings is 2. The van der Waals surface area contributed by atoms with Crippen LogP contribution in [0.5, 0.6) is 11.6 Å². The van der Waals surface area contributed by atoms with E-state index in [1.165, 1.54) is 16.7 Å². The van der Waals surface area contributed by atoms with Crippen LogP contribution in [0.1, 0.15) is 67.1 Å². The van der Waals surface area contributed by atoms with E-state index in [4.69, 9.17) is 19.4 Å². The summed E-state index contributed by atoms with van der Waals surface area (Å²) in [7, 11) is 1.66. The normalized spacial score (nSPS) is 11.1. The molecule has 1 aromatic heterocycles. The van der Waals surface area contributed by atoms with Gasteiger partial charge < -0.3 is 9.47 Å². The number of hydrogen-bond donors (Lipinski definition) is 0. The molecule has 0 radical (unpaired) electrons. The minimum Gasteiger partial charge on any atom is -0.488 e. The monoisotopic (exact) mass is 418 g/mol. The molecule has 3 aromatic rings. The molecule has 0 amide bonds. The molecular weight excluding hydrogens is 384 g/mol. The van der Waals surface area contributed by atoms with E-state index in [1.807, 2.05) is 6.92 Å². The minimum atomic E-state index is 0.369. The predicted octanol–water partition coefficient (Wildman–Crippen LogP) is 6.60. The Kier molecular flexibility index (Phi) is 7.32. The summed E-state index contributed by atoms with van der Waals surface area (Å²) in [6.07, 6.45) is 1.87. The van der Waals surface area contributed by atoms with Gasteiger partial charge in [0.25, 0.3) is 0 Å². The largest absolute Gasteiger partial charge is 0.488 e. The number of ether oxygens (including phenoxy) is 2. The van der Waals surface area contributed by atoms with Gasteiger partial charge in [0.05, 0.1) is 18.4 Å². The van der Waals surface area contributed by atoms with Crippen molar-refractivity contribution in [1.82, 2.24) is 9.97 Å². The van der Waals surface area contributed by atoms with Gasteiger partial charge in [0.1, 0.15) is 12.4 Å². The first-order valence-electron chi connectivity index (χ1n) is 11.1. The number of nitrogens with zero attached hydrogens (tertiary/aromatic N) is 2. The Morgan fingerprint density at radius 3 is 2.19 bits per heavy atom. The zero-order valence-corrected chi connectivity index (χ0v) is 19.9. The molecule has 0 bridgehead atoms. The van der Waals surface area contributed by atoms with Gasteiger partial charge in [-0.25, -0.2) is 4.98 Å². The van der Waals surface area contributed by atoms with Gasteiger partial charge in [-0.15, -0.1) is 0 Å². The van der Waals surface area contributed by atoms with E-state index in [0.29, 0.717) is 18.4 Å².